The van der Waals surface area contributed by atoms with Crippen molar-refractivity contribution >= 4 is 24.6 Å². The Bertz CT molecular complexity index is 694. The topological polar surface area (TPSA) is 74.6 Å². The maximum absolute atomic E-state index is 11.7. The van der Waals surface area contributed by atoms with E-state index in [4.69, 9.17) is 5.11 Å². The van der Waals surface area contributed by atoms with Crippen LogP contribution < -0.4 is 0 Å². The molecule has 2 aromatic rings. The Morgan fingerprint density at radius 3 is 2.05 bits per heavy atom. The highest BCUT2D eigenvalue weighted by atomic mass is 32.1. The molecule has 2 aromatic carbocycles. The number of hydrogen-bond acceptors (Lipinski definition) is 3. The van der Waals surface area contributed by atoms with E-state index in [0.29, 0.717) is 16.7 Å². The van der Waals surface area contributed by atoms with E-state index in [1.807, 2.05) is 0 Å². The number of carbonyl (C=O) groups is 2. The van der Waals surface area contributed by atoms with Crippen LogP contribution in [0, 0.1) is 0 Å². The van der Waals surface area contributed by atoms with Crippen molar-refractivity contribution in [3.05, 3.63) is 65.2 Å². The number of aliphatic carboxylic acids is 2. The first kappa shape index (κ1) is 16.1. The zero-order valence-corrected chi connectivity index (χ0v) is 12.8. The zero-order chi connectivity index (χ0) is 16.3. The third kappa shape index (κ3) is 3.49. The smallest absolute Gasteiger partial charge is 0.315 e. The lowest BCUT2D eigenvalue weighted by Crippen LogP contribution is -2.14. The molecular formula is C17H16O4S. The monoisotopic (exact) mass is 316 g/mol. The van der Waals surface area contributed by atoms with Gasteiger partial charge in [-0.05, 0) is 35.7 Å². The summed E-state index contributed by atoms with van der Waals surface area (Å²) >= 11 is 4.19. The summed E-state index contributed by atoms with van der Waals surface area (Å²) in [5.74, 6) is -3.44. The zero-order valence-electron chi connectivity index (χ0n) is 11.9. The molecule has 0 amide bonds. The van der Waals surface area contributed by atoms with E-state index < -0.39 is 23.8 Å². The summed E-state index contributed by atoms with van der Waals surface area (Å²) in [6.45, 7) is 1.58. The molecular weight excluding hydrogens is 300 g/mol. The van der Waals surface area contributed by atoms with Crippen LogP contribution in [0.1, 0.15) is 35.4 Å². The molecule has 2 N–H and O–H groups in total. The molecule has 0 heterocycles. The molecule has 0 aliphatic heterocycles. The second-order valence-electron chi connectivity index (χ2n) is 5.09. The normalized spacial score (nSPS) is 13.4. The predicted molar refractivity (Wildman–Crippen MR) is 85.7 cm³/mol. The summed E-state index contributed by atoms with van der Waals surface area (Å²) in [4.78, 5) is 23.5. The highest BCUT2D eigenvalue weighted by molar-refractivity contribution is 7.80. The highest BCUT2D eigenvalue weighted by Crippen LogP contribution is 2.28. The van der Waals surface area contributed by atoms with E-state index in [-0.39, 0.29) is 0 Å². The molecule has 2 atom stereocenters. The van der Waals surface area contributed by atoms with E-state index in [1.54, 1.807) is 55.5 Å². The largest absolute Gasteiger partial charge is 0.481 e. The summed E-state index contributed by atoms with van der Waals surface area (Å²) in [6.07, 6.45) is 0. The van der Waals surface area contributed by atoms with Gasteiger partial charge in [0.05, 0.1) is 5.92 Å². The Balaban J connectivity index is 2.45. The first-order chi connectivity index (χ1) is 10.4. The molecule has 0 aromatic heterocycles. The van der Waals surface area contributed by atoms with Crippen LogP contribution in [0.4, 0.5) is 0 Å². The second kappa shape index (κ2) is 6.66. The van der Waals surface area contributed by atoms with Crippen molar-refractivity contribution in [1.82, 2.24) is 0 Å². The fourth-order valence-electron chi connectivity index (χ4n) is 2.29. The average molecular weight is 316 g/mol. The van der Waals surface area contributed by atoms with Crippen molar-refractivity contribution in [3.63, 3.8) is 0 Å². The fraction of sp³-hybridized carbons (Fsp3) is 0.176. The van der Waals surface area contributed by atoms with Gasteiger partial charge >= 0.3 is 11.9 Å². The van der Waals surface area contributed by atoms with Gasteiger partial charge in [-0.2, -0.15) is 0 Å². The Hall–Kier alpha value is -2.27. The van der Waals surface area contributed by atoms with Crippen LogP contribution in [-0.2, 0) is 9.59 Å². The van der Waals surface area contributed by atoms with Gasteiger partial charge < -0.3 is 10.2 Å². The summed E-state index contributed by atoms with van der Waals surface area (Å²) < 4.78 is 0. The van der Waals surface area contributed by atoms with Crippen molar-refractivity contribution in [3.8, 4) is 0 Å². The van der Waals surface area contributed by atoms with Crippen LogP contribution in [0.25, 0.3) is 0 Å². The molecule has 0 radical (unpaired) electrons. The Morgan fingerprint density at radius 2 is 1.50 bits per heavy atom. The van der Waals surface area contributed by atoms with E-state index in [1.165, 1.54) is 0 Å². The van der Waals surface area contributed by atoms with E-state index in [2.05, 4.69) is 12.6 Å². The van der Waals surface area contributed by atoms with Gasteiger partial charge in [-0.25, -0.2) is 0 Å². The molecule has 114 valence electrons. The van der Waals surface area contributed by atoms with Crippen molar-refractivity contribution in [2.24, 2.45) is 0 Å². The Kier molecular flexibility index (Phi) is 4.88. The van der Waals surface area contributed by atoms with Gasteiger partial charge in [-0.1, -0.05) is 36.4 Å². The number of benzene rings is 2. The minimum atomic E-state index is -0.980. The summed E-state index contributed by atoms with van der Waals surface area (Å²) in [5.41, 5.74) is 1.78. The molecule has 0 aliphatic rings. The first-order valence-corrected chi connectivity index (χ1v) is 7.19. The van der Waals surface area contributed by atoms with Gasteiger partial charge in [0.25, 0.3) is 0 Å². The van der Waals surface area contributed by atoms with E-state index in [9.17, 15) is 14.7 Å². The molecule has 22 heavy (non-hydrogen) atoms. The maximum atomic E-state index is 11.7. The standard InChI is InChI=1S/C17H16O4S/c1-10(16(18)19)12-3-2-4-13(9-12)15(17(20)21)11-5-7-14(22)8-6-11/h2-10,15,22H,1H3,(H,18,19)(H,20,21). The molecule has 0 bridgehead atoms. The molecule has 4 nitrogen and oxygen atoms in total. The van der Waals surface area contributed by atoms with E-state index in [0.717, 1.165) is 4.90 Å². The first-order valence-electron chi connectivity index (χ1n) is 6.74. The van der Waals surface area contributed by atoms with Gasteiger partial charge in [0.2, 0.25) is 0 Å². The van der Waals surface area contributed by atoms with Crippen LogP contribution >= 0.6 is 12.6 Å². The predicted octanol–water partition coefficient (Wildman–Crippen LogP) is 3.38. The molecule has 5 heteroatoms. The number of hydrogen-bond donors (Lipinski definition) is 3. The van der Waals surface area contributed by atoms with Crippen LogP contribution in [0.2, 0.25) is 0 Å². The van der Waals surface area contributed by atoms with Gasteiger partial charge in [0.15, 0.2) is 0 Å². The summed E-state index contributed by atoms with van der Waals surface area (Å²) in [5, 5.41) is 18.6. The fourth-order valence-corrected chi connectivity index (χ4v) is 2.44. The lowest BCUT2D eigenvalue weighted by Gasteiger charge is -2.16. The van der Waals surface area contributed by atoms with Gasteiger partial charge in [0.1, 0.15) is 5.92 Å². The molecule has 0 saturated carbocycles. The Morgan fingerprint density at radius 1 is 0.909 bits per heavy atom. The molecule has 0 saturated heterocycles. The van der Waals surface area contributed by atoms with Gasteiger partial charge in [-0.15, -0.1) is 12.6 Å². The second-order valence-corrected chi connectivity index (χ2v) is 5.61. The minimum absolute atomic E-state index is 0.560. The quantitative estimate of drug-likeness (QED) is 0.739. The molecule has 0 fully saturated rings. The third-order valence-electron chi connectivity index (χ3n) is 3.59. The van der Waals surface area contributed by atoms with Crippen LogP contribution in [-0.4, -0.2) is 22.2 Å². The molecule has 0 spiro atoms. The molecule has 2 rings (SSSR count). The van der Waals surface area contributed by atoms with Crippen LogP contribution in [0.3, 0.4) is 0 Å². The number of thiol groups is 1. The minimum Gasteiger partial charge on any atom is -0.481 e. The number of rotatable bonds is 5. The van der Waals surface area contributed by atoms with Crippen molar-refractivity contribution < 1.29 is 19.8 Å². The Labute approximate surface area is 133 Å². The van der Waals surface area contributed by atoms with Gasteiger partial charge in [0, 0.05) is 4.90 Å². The van der Waals surface area contributed by atoms with Crippen molar-refractivity contribution in [2.45, 2.75) is 23.7 Å². The summed E-state index contributed by atoms with van der Waals surface area (Å²) in [6, 6.07) is 13.6. The lowest BCUT2D eigenvalue weighted by atomic mass is 9.88. The number of carboxylic acids is 2. The average Bonchev–Trinajstić information content (AvgIpc) is 2.48. The molecule has 0 aliphatic carbocycles. The maximum Gasteiger partial charge on any atom is 0.315 e. The third-order valence-corrected chi connectivity index (χ3v) is 3.89. The van der Waals surface area contributed by atoms with Crippen LogP contribution in [0.15, 0.2) is 53.4 Å². The SMILES string of the molecule is CC(C(=O)O)c1cccc(C(C(=O)O)c2ccc(S)cc2)c1. The number of carboxylic acid groups (broad SMARTS) is 2. The highest BCUT2D eigenvalue weighted by Gasteiger charge is 2.23. The van der Waals surface area contributed by atoms with E-state index >= 15 is 0 Å². The van der Waals surface area contributed by atoms with Crippen molar-refractivity contribution in [2.75, 3.05) is 0 Å². The van der Waals surface area contributed by atoms with Gasteiger partial charge in [-0.3, -0.25) is 9.59 Å². The molecule has 2 unspecified atom stereocenters. The van der Waals surface area contributed by atoms with Crippen molar-refractivity contribution in [1.29, 1.82) is 0 Å². The lowest BCUT2D eigenvalue weighted by molar-refractivity contribution is -0.138. The summed E-state index contributed by atoms with van der Waals surface area (Å²) in [7, 11) is 0. The van der Waals surface area contributed by atoms with Crippen LogP contribution in [0.5, 0.6) is 0 Å².